The Hall–Kier alpha value is -2.44. The minimum atomic E-state index is 0.156. The van der Waals surface area contributed by atoms with Crippen LogP contribution in [0.5, 0.6) is 5.75 Å². The van der Waals surface area contributed by atoms with Gasteiger partial charge < -0.3 is 24.8 Å². The van der Waals surface area contributed by atoms with Gasteiger partial charge in [0.15, 0.2) is 0 Å². The molecule has 0 saturated carbocycles. The van der Waals surface area contributed by atoms with E-state index in [2.05, 4.69) is 77.4 Å². The molecule has 2 heterocycles. The molecule has 3 aromatic rings. The molecule has 2 N–H and O–H groups in total. The number of rotatable bonds is 10. The molecule has 0 spiro atoms. The van der Waals surface area contributed by atoms with E-state index >= 15 is 0 Å². The van der Waals surface area contributed by atoms with E-state index in [0.29, 0.717) is 31.8 Å². The molecular weight excluding hydrogens is 436 g/mol. The summed E-state index contributed by atoms with van der Waals surface area (Å²) in [5.41, 5.74) is 2.54. The Morgan fingerprint density at radius 2 is 1.71 bits per heavy atom. The summed E-state index contributed by atoms with van der Waals surface area (Å²) < 4.78 is 18.2. The first-order valence-electron chi connectivity index (χ1n) is 13.2. The van der Waals surface area contributed by atoms with E-state index in [1.54, 1.807) is 0 Å². The van der Waals surface area contributed by atoms with Crippen molar-refractivity contribution in [2.75, 3.05) is 39.5 Å². The van der Waals surface area contributed by atoms with Crippen LogP contribution < -0.4 is 15.4 Å². The standard InChI is InChI=1S/C30H38N2O3/c1-2-6-26-19-23(8-9-24(26)5-1)21-35-30-20-31-16-14-29(30)25-10-12-28(13-11-25)34-18-17-33-22-27-7-3-4-15-32-27/h1-2,5-6,8-13,19,27,29-32H,3-4,7,14-18,20-22H2. The lowest BCUT2D eigenvalue weighted by molar-refractivity contribution is 0.0106. The van der Waals surface area contributed by atoms with Crippen molar-refractivity contribution in [3.05, 3.63) is 77.9 Å². The minimum absolute atomic E-state index is 0.156. The predicted molar refractivity (Wildman–Crippen MR) is 141 cm³/mol. The molecule has 0 aliphatic carbocycles. The molecular formula is C30H38N2O3. The maximum atomic E-state index is 6.44. The van der Waals surface area contributed by atoms with Gasteiger partial charge in [0, 0.05) is 18.5 Å². The molecule has 2 aliphatic heterocycles. The summed E-state index contributed by atoms with van der Waals surface area (Å²) in [5, 5.41) is 9.55. The van der Waals surface area contributed by atoms with Crippen LogP contribution in [0.2, 0.25) is 0 Å². The molecule has 0 radical (unpaired) electrons. The highest BCUT2D eigenvalue weighted by Crippen LogP contribution is 2.30. The number of hydrogen-bond donors (Lipinski definition) is 2. The van der Waals surface area contributed by atoms with Crippen molar-refractivity contribution in [2.45, 2.75) is 50.4 Å². The third-order valence-corrected chi connectivity index (χ3v) is 7.24. The van der Waals surface area contributed by atoms with Crippen LogP contribution in [-0.4, -0.2) is 51.6 Å². The van der Waals surface area contributed by atoms with Crippen LogP contribution in [-0.2, 0) is 16.1 Å². The Balaban J connectivity index is 1.10. The van der Waals surface area contributed by atoms with Gasteiger partial charge in [-0.15, -0.1) is 0 Å². The maximum absolute atomic E-state index is 6.44. The highest BCUT2D eigenvalue weighted by atomic mass is 16.5. The summed E-state index contributed by atoms with van der Waals surface area (Å²) in [5.74, 6) is 1.28. The monoisotopic (exact) mass is 474 g/mol. The van der Waals surface area contributed by atoms with Crippen LogP contribution in [0.4, 0.5) is 0 Å². The van der Waals surface area contributed by atoms with Gasteiger partial charge in [0.2, 0.25) is 0 Å². The fraction of sp³-hybridized carbons (Fsp3) is 0.467. The topological polar surface area (TPSA) is 51.8 Å². The van der Waals surface area contributed by atoms with E-state index < -0.39 is 0 Å². The molecule has 0 amide bonds. The molecule has 2 saturated heterocycles. The number of hydrogen-bond acceptors (Lipinski definition) is 5. The molecule has 3 unspecified atom stereocenters. The summed E-state index contributed by atoms with van der Waals surface area (Å²) >= 11 is 0. The molecule has 0 bridgehead atoms. The fourth-order valence-corrected chi connectivity index (χ4v) is 5.24. The summed E-state index contributed by atoms with van der Waals surface area (Å²) in [6.45, 7) is 5.62. The second kappa shape index (κ2) is 12.5. The Morgan fingerprint density at radius 3 is 2.57 bits per heavy atom. The molecule has 5 heteroatoms. The third kappa shape index (κ3) is 6.83. The van der Waals surface area contributed by atoms with Gasteiger partial charge in [-0.3, -0.25) is 0 Å². The average molecular weight is 475 g/mol. The van der Waals surface area contributed by atoms with Crippen molar-refractivity contribution in [1.29, 1.82) is 0 Å². The van der Waals surface area contributed by atoms with Gasteiger partial charge >= 0.3 is 0 Å². The Kier molecular flexibility index (Phi) is 8.66. The van der Waals surface area contributed by atoms with E-state index in [4.69, 9.17) is 14.2 Å². The molecule has 3 atom stereocenters. The lowest BCUT2D eigenvalue weighted by Gasteiger charge is -2.32. The fourth-order valence-electron chi connectivity index (χ4n) is 5.24. The molecule has 2 aliphatic rings. The van der Waals surface area contributed by atoms with Crippen molar-refractivity contribution in [1.82, 2.24) is 10.6 Å². The highest BCUT2D eigenvalue weighted by Gasteiger charge is 2.27. The molecule has 5 rings (SSSR count). The van der Waals surface area contributed by atoms with E-state index in [-0.39, 0.29) is 6.10 Å². The van der Waals surface area contributed by atoms with Gasteiger partial charge in [-0.2, -0.15) is 0 Å². The van der Waals surface area contributed by atoms with E-state index in [1.165, 1.54) is 41.2 Å². The van der Waals surface area contributed by atoms with Crippen LogP contribution in [0.15, 0.2) is 66.7 Å². The zero-order valence-corrected chi connectivity index (χ0v) is 20.6. The lowest BCUT2D eigenvalue weighted by Crippen LogP contribution is -2.40. The highest BCUT2D eigenvalue weighted by molar-refractivity contribution is 5.82. The molecule has 0 aromatic heterocycles. The summed E-state index contributed by atoms with van der Waals surface area (Å²) in [6.07, 6.45) is 5.03. The SMILES string of the molecule is c1ccc2cc(COC3CNCCC3c3ccc(OCCOCC4CCCCN4)cc3)ccc2c1. The second-order valence-electron chi connectivity index (χ2n) is 9.77. The van der Waals surface area contributed by atoms with Crippen LogP contribution in [0, 0.1) is 0 Å². The van der Waals surface area contributed by atoms with E-state index in [0.717, 1.165) is 38.4 Å². The van der Waals surface area contributed by atoms with Crippen molar-refractivity contribution in [3.8, 4) is 5.75 Å². The number of benzene rings is 3. The smallest absolute Gasteiger partial charge is 0.119 e. The van der Waals surface area contributed by atoms with Crippen LogP contribution >= 0.6 is 0 Å². The van der Waals surface area contributed by atoms with Gasteiger partial charge in [0.25, 0.3) is 0 Å². The molecule has 5 nitrogen and oxygen atoms in total. The van der Waals surface area contributed by atoms with Gasteiger partial charge in [-0.05, 0) is 72.5 Å². The van der Waals surface area contributed by atoms with Crippen molar-refractivity contribution < 1.29 is 14.2 Å². The lowest BCUT2D eigenvalue weighted by atomic mass is 9.87. The second-order valence-corrected chi connectivity index (χ2v) is 9.77. The Bertz CT molecular complexity index is 1050. The minimum Gasteiger partial charge on any atom is -0.491 e. The number of fused-ring (bicyclic) bond motifs is 1. The van der Waals surface area contributed by atoms with Crippen molar-refractivity contribution in [3.63, 3.8) is 0 Å². The van der Waals surface area contributed by atoms with E-state index in [1.807, 2.05) is 0 Å². The first-order valence-corrected chi connectivity index (χ1v) is 13.2. The largest absolute Gasteiger partial charge is 0.491 e. The number of nitrogens with one attached hydrogen (secondary N) is 2. The number of ether oxygens (including phenoxy) is 3. The van der Waals surface area contributed by atoms with Gasteiger partial charge in [0.05, 0.1) is 25.9 Å². The quantitative estimate of drug-likeness (QED) is 0.403. The number of piperidine rings is 2. The van der Waals surface area contributed by atoms with Gasteiger partial charge in [-0.1, -0.05) is 55.0 Å². The van der Waals surface area contributed by atoms with Crippen LogP contribution in [0.3, 0.4) is 0 Å². The van der Waals surface area contributed by atoms with Gasteiger partial charge in [-0.25, -0.2) is 0 Å². The van der Waals surface area contributed by atoms with Crippen LogP contribution in [0.25, 0.3) is 10.8 Å². The van der Waals surface area contributed by atoms with Crippen LogP contribution in [0.1, 0.15) is 42.7 Å². The maximum Gasteiger partial charge on any atom is 0.119 e. The first kappa shape index (κ1) is 24.3. The molecule has 2 fully saturated rings. The predicted octanol–water partition coefficient (Wildman–Crippen LogP) is 5.04. The molecule has 186 valence electrons. The van der Waals surface area contributed by atoms with Crippen molar-refractivity contribution >= 4 is 10.8 Å². The summed E-state index contributed by atoms with van der Waals surface area (Å²) in [6, 6.07) is 24.1. The summed E-state index contributed by atoms with van der Waals surface area (Å²) in [7, 11) is 0. The van der Waals surface area contributed by atoms with Gasteiger partial charge in [0.1, 0.15) is 12.4 Å². The summed E-state index contributed by atoms with van der Waals surface area (Å²) in [4.78, 5) is 0. The van der Waals surface area contributed by atoms with E-state index in [9.17, 15) is 0 Å². The molecule has 35 heavy (non-hydrogen) atoms. The first-order chi connectivity index (χ1) is 17.3. The average Bonchev–Trinajstić information content (AvgIpc) is 2.93. The Labute approximate surface area is 209 Å². The Morgan fingerprint density at radius 1 is 0.829 bits per heavy atom. The zero-order chi connectivity index (χ0) is 23.7. The zero-order valence-electron chi connectivity index (χ0n) is 20.6. The normalized spacial score (nSPS) is 22.8. The molecule has 3 aromatic carbocycles. The third-order valence-electron chi connectivity index (χ3n) is 7.24. The van der Waals surface area contributed by atoms with Crippen molar-refractivity contribution in [2.24, 2.45) is 0 Å².